The van der Waals surface area contributed by atoms with Crippen molar-refractivity contribution in [2.75, 3.05) is 19.8 Å². The van der Waals surface area contributed by atoms with E-state index in [4.69, 9.17) is 9.47 Å². The van der Waals surface area contributed by atoms with Gasteiger partial charge in [-0.25, -0.2) is 0 Å². The van der Waals surface area contributed by atoms with Crippen molar-refractivity contribution < 1.29 is 14.6 Å². The van der Waals surface area contributed by atoms with Crippen LogP contribution < -0.4 is 0 Å². The van der Waals surface area contributed by atoms with Crippen LogP contribution in [0.25, 0.3) is 0 Å². The normalized spacial score (nSPS) is 10.9. The minimum atomic E-state index is 0.252. The summed E-state index contributed by atoms with van der Waals surface area (Å²) in [5.41, 5.74) is 0.923. The van der Waals surface area contributed by atoms with E-state index < -0.39 is 0 Å². The third kappa shape index (κ3) is 5.14. The zero-order chi connectivity index (χ0) is 11.8. The summed E-state index contributed by atoms with van der Waals surface area (Å²) >= 11 is 0. The lowest BCUT2D eigenvalue weighted by molar-refractivity contribution is 0.0203. The molecule has 0 amide bonds. The highest BCUT2D eigenvalue weighted by Crippen LogP contribution is 2.15. The van der Waals surface area contributed by atoms with Crippen LogP contribution in [0.5, 0.6) is 5.75 Å². The van der Waals surface area contributed by atoms with Crippen molar-refractivity contribution in [2.45, 2.75) is 26.4 Å². The Labute approximate surface area is 97.0 Å². The molecule has 0 heterocycles. The molecule has 90 valence electrons. The van der Waals surface area contributed by atoms with Crippen LogP contribution >= 0.6 is 0 Å². The number of rotatable bonds is 7. The molecule has 3 nitrogen and oxygen atoms in total. The highest BCUT2D eigenvalue weighted by molar-refractivity contribution is 5.31. The van der Waals surface area contributed by atoms with Gasteiger partial charge >= 0.3 is 0 Å². The number of ether oxygens (including phenoxy) is 2. The Morgan fingerprint density at radius 3 is 2.56 bits per heavy atom. The molecular weight excluding hydrogens is 204 g/mol. The van der Waals surface area contributed by atoms with Crippen LogP contribution in [0.1, 0.15) is 19.4 Å². The van der Waals surface area contributed by atoms with Gasteiger partial charge in [-0.2, -0.15) is 0 Å². The summed E-state index contributed by atoms with van der Waals surface area (Å²) in [6.45, 7) is 5.84. The number of hydrogen-bond donors (Lipinski definition) is 1. The average Bonchev–Trinajstić information content (AvgIpc) is 2.25. The molecule has 0 bridgehead atoms. The van der Waals surface area contributed by atoms with E-state index in [0.29, 0.717) is 25.6 Å². The molecule has 1 N–H and O–H groups in total. The lowest BCUT2D eigenvalue weighted by atomic mass is 10.1. The molecule has 0 atom stereocenters. The maximum Gasteiger partial charge on any atom is 0.118 e. The lowest BCUT2D eigenvalue weighted by Gasteiger charge is -2.08. The second kappa shape index (κ2) is 7.25. The zero-order valence-electron chi connectivity index (χ0n) is 9.98. The van der Waals surface area contributed by atoms with Gasteiger partial charge in [0.2, 0.25) is 0 Å². The molecule has 0 unspecified atom stereocenters. The molecule has 1 aromatic rings. The highest BCUT2D eigenvalue weighted by Gasteiger charge is 1.99. The second-order valence-corrected chi connectivity index (χ2v) is 3.91. The number of phenolic OH excluding ortho intramolecular Hbond substituents is 1. The lowest BCUT2D eigenvalue weighted by Crippen LogP contribution is -2.10. The highest BCUT2D eigenvalue weighted by atomic mass is 16.5. The molecule has 3 heteroatoms. The van der Waals surface area contributed by atoms with Crippen molar-refractivity contribution in [2.24, 2.45) is 0 Å². The Balaban J connectivity index is 2.10. The molecule has 0 saturated carbocycles. The van der Waals surface area contributed by atoms with Crippen molar-refractivity contribution in [3.05, 3.63) is 29.8 Å². The maximum absolute atomic E-state index is 9.51. The fourth-order valence-electron chi connectivity index (χ4n) is 1.35. The predicted octanol–water partition coefficient (Wildman–Crippen LogP) is 2.38. The van der Waals surface area contributed by atoms with E-state index in [1.54, 1.807) is 6.07 Å². The van der Waals surface area contributed by atoms with Gasteiger partial charge in [-0.15, -0.1) is 0 Å². The van der Waals surface area contributed by atoms with Crippen LogP contribution in [0, 0.1) is 0 Å². The van der Waals surface area contributed by atoms with Crippen molar-refractivity contribution in [3.8, 4) is 5.75 Å². The fourth-order valence-corrected chi connectivity index (χ4v) is 1.35. The maximum atomic E-state index is 9.51. The Morgan fingerprint density at radius 2 is 1.88 bits per heavy atom. The average molecular weight is 224 g/mol. The first kappa shape index (κ1) is 13.0. The third-order valence-electron chi connectivity index (χ3n) is 2.19. The summed E-state index contributed by atoms with van der Waals surface area (Å²) in [7, 11) is 0. The first-order valence-corrected chi connectivity index (χ1v) is 5.66. The monoisotopic (exact) mass is 224 g/mol. The number of para-hydroxylation sites is 1. The van der Waals surface area contributed by atoms with Crippen LogP contribution in [0.2, 0.25) is 0 Å². The Kier molecular flexibility index (Phi) is 5.90. The summed E-state index contributed by atoms with van der Waals surface area (Å²) in [6, 6.07) is 7.33. The summed E-state index contributed by atoms with van der Waals surface area (Å²) in [6.07, 6.45) is 0.982. The summed E-state index contributed by atoms with van der Waals surface area (Å²) in [5.74, 6) is 0.338. The topological polar surface area (TPSA) is 38.7 Å². The second-order valence-electron chi connectivity index (χ2n) is 3.91. The molecule has 16 heavy (non-hydrogen) atoms. The number of benzene rings is 1. The smallest absolute Gasteiger partial charge is 0.118 e. The molecule has 0 aliphatic rings. The van der Waals surface area contributed by atoms with E-state index in [-0.39, 0.29) is 6.10 Å². The third-order valence-corrected chi connectivity index (χ3v) is 2.19. The molecule has 0 saturated heterocycles. The van der Waals surface area contributed by atoms with Crippen molar-refractivity contribution in [3.63, 3.8) is 0 Å². The van der Waals surface area contributed by atoms with Crippen molar-refractivity contribution >= 4 is 0 Å². The van der Waals surface area contributed by atoms with Crippen LogP contribution in [-0.2, 0) is 15.9 Å². The van der Waals surface area contributed by atoms with E-state index in [1.807, 2.05) is 32.0 Å². The molecule has 1 aromatic carbocycles. The molecule has 0 fully saturated rings. The van der Waals surface area contributed by atoms with E-state index >= 15 is 0 Å². The first-order valence-electron chi connectivity index (χ1n) is 5.66. The van der Waals surface area contributed by atoms with Gasteiger partial charge in [-0.3, -0.25) is 0 Å². The van der Waals surface area contributed by atoms with Crippen LogP contribution in [0.15, 0.2) is 24.3 Å². The van der Waals surface area contributed by atoms with Gasteiger partial charge in [-0.05, 0) is 31.9 Å². The Bertz CT molecular complexity index is 297. The van der Waals surface area contributed by atoms with Gasteiger partial charge in [0.05, 0.1) is 25.9 Å². The molecule has 0 spiro atoms. The van der Waals surface area contributed by atoms with Crippen molar-refractivity contribution in [1.29, 1.82) is 0 Å². The summed E-state index contributed by atoms with van der Waals surface area (Å²) in [5, 5.41) is 9.51. The van der Waals surface area contributed by atoms with Crippen LogP contribution in [0.4, 0.5) is 0 Å². The van der Waals surface area contributed by atoms with Crippen LogP contribution in [0.3, 0.4) is 0 Å². The van der Waals surface area contributed by atoms with Gasteiger partial charge < -0.3 is 14.6 Å². The number of phenols is 1. The van der Waals surface area contributed by atoms with E-state index in [1.165, 1.54) is 0 Å². The zero-order valence-corrected chi connectivity index (χ0v) is 9.98. The first-order chi connectivity index (χ1) is 7.70. The Hall–Kier alpha value is -1.06. The number of hydrogen-bond acceptors (Lipinski definition) is 3. The predicted molar refractivity (Wildman–Crippen MR) is 63.7 cm³/mol. The minimum Gasteiger partial charge on any atom is -0.508 e. The van der Waals surface area contributed by atoms with Crippen LogP contribution in [-0.4, -0.2) is 31.0 Å². The van der Waals surface area contributed by atoms with Gasteiger partial charge in [0.25, 0.3) is 0 Å². The molecular formula is C13H20O3. The molecule has 0 aliphatic heterocycles. The van der Waals surface area contributed by atoms with Gasteiger partial charge in [0.15, 0.2) is 0 Å². The summed E-state index contributed by atoms with van der Waals surface area (Å²) < 4.78 is 10.8. The quantitative estimate of drug-likeness (QED) is 0.723. The van der Waals surface area contributed by atoms with E-state index in [2.05, 4.69) is 0 Å². The largest absolute Gasteiger partial charge is 0.508 e. The number of aromatic hydroxyl groups is 1. The molecule has 0 aliphatic carbocycles. The standard InChI is InChI=1S/C13H20O3/c1-11(2)16-10-9-15-8-7-12-5-3-4-6-13(12)14/h3-6,11,14H,7-10H2,1-2H3. The fraction of sp³-hybridized carbons (Fsp3) is 0.538. The van der Waals surface area contributed by atoms with E-state index in [9.17, 15) is 5.11 Å². The van der Waals surface area contributed by atoms with Gasteiger partial charge in [0.1, 0.15) is 5.75 Å². The van der Waals surface area contributed by atoms with Crippen molar-refractivity contribution in [1.82, 2.24) is 0 Å². The SMILES string of the molecule is CC(C)OCCOCCc1ccccc1O. The molecule has 0 radical (unpaired) electrons. The molecule has 0 aromatic heterocycles. The minimum absolute atomic E-state index is 0.252. The molecule has 1 rings (SSSR count). The van der Waals surface area contributed by atoms with Gasteiger partial charge in [0, 0.05) is 0 Å². The van der Waals surface area contributed by atoms with Gasteiger partial charge in [-0.1, -0.05) is 18.2 Å². The summed E-state index contributed by atoms with van der Waals surface area (Å²) in [4.78, 5) is 0. The Morgan fingerprint density at radius 1 is 1.12 bits per heavy atom. The van der Waals surface area contributed by atoms with E-state index in [0.717, 1.165) is 12.0 Å².